The van der Waals surface area contributed by atoms with Gasteiger partial charge in [0.2, 0.25) is 0 Å². The third kappa shape index (κ3) is 3.22. The Bertz CT molecular complexity index is 623. The summed E-state index contributed by atoms with van der Waals surface area (Å²) in [6.45, 7) is 3.75. The van der Waals surface area contributed by atoms with Gasteiger partial charge in [-0.05, 0) is 48.0 Å². The normalized spacial score (nSPS) is 10.7. The van der Waals surface area contributed by atoms with Crippen LogP contribution in [0.2, 0.25) is 0 Å². The van der Waals surface area contributed by atoms with Gasteiger partial charge in [0.25, 0.3) is 0 Å². The predicted octanol–water partition coefficient (Wildman–Crippen LogP) is 4.00. The molecule has 0 aliphatic carbocycles. The summed E-state index contributed by atoms with van der Waals surface area (Å²) < 4.78 is 19.7. The van der Waals surface area contributed by atoms with Crippen LogP contribution >= 0.6 is 15.9 Å². The molecule has 2 aromatic rings. The lowest BCUT2D eigenvalue weighted by atomic mass is 10.0. The van der Waals surface area contributed by atoms with E-state index in [1.807, 2.05) is 13.8 Å². The van der Waals surface area contributed by atoms with E-state index in [0.717, 1.165) is 0 Å². The second kappa shape index (κ2) is 6.13. The Labute approximate surface area is 124 Å². The third-order valence-corrected chi connectivity index (χ3v) is 3.20. The lowest BCUT2D eigenvalue weighted by molar-refractivity contribution is 0.103. The average molecular weight is 338 g/mol. The van der Waals surface area contributed by atoms with Gasteiger partial charge in [-0.1, -0.05) is 6.07 Å². The number of carbonyl (C=O) groups is 1. The van der Waals surface area contributed by atoms with E-state index in [4.69, 9.17) is 4.74 Å². The molecule has 0 N–H and O–H groups in total. The van der Waals surface area contributed by atoms with E-state index in [-0.39, 0.29) is 17.2 Å². The molecular formula is C15H13BrFNO2. The summed E-state index contributed by atoms with van der Waals surface area (Å²) in [5, 5.41) is 0. The van der Waals surface area contributed by atoms with Gasteiger partial charge in [0.1, 0.15) is 11.6 Å². The molecule has 0 saturated heterocycles. The van der Waals surface area contributed by atoms with E-state index >= 15 is 0 Å². The first-order valence-corrected chi connectivity index (χ1v) is 6.88. The lowest BCUT2D eigenvalue weighted by Crippen LogP contribution is -2.09. The van der Waals surface area contributed by atoms with Crippen LogP contribution in [-0.4, -0.2) is 16.9 Å². The molecule has 1 aromatic carbocycles. The Morgan fingerprint density at radius 2 is 2.10 bits per heavy atom. The summed E-state index contributed by atoms with van der Waals surface area (Å²) in [5.74, 6) is -0.519. The first kappa shape index (κ1) is 14.7. The Morgan fingerprint density at radius 1 is 1.35 bits per heavy atom. The molecule has 3 nitrogen and oxygen atoms in total. The molecule has 104 valence electrons. The summed E-state index contributed by atoms with van der Waals surface area (Å²) in [5.41, 5.74) is 0.282. The Balaban J connectivity index is 2.39. The number of rotatable bonds is 4. The summed E-state index contributed by atoms with van der Waals surface area (Å²) in [6, 6.07) is 5.97. The highest BCUT2D eigenvalue weighted by Gasteiger charge is 2.18. The second-order valence-corrected chi connectivity index (χ2v) is 5.36. The van der Waals surface area contributed by atoms with E-state index < -0.39 is 11.6 Å². The van der Waals surface area contributed by atoms with Gasteiger partial charge in [-0.2, -0.15) is 0 Å². The summed E-state index contributed by atoms with van der Waals surface area (Å²) in [7, 11) is 0. The molecule has 0 unspecified atom stereocenters. The molecule has 0 atom stereocenters. The zero-order valence-electron chi connectivity index (χ0n) is 11.1. The lowest BCUT2D eigenvalue weighted by Gasteiger charge is -2.10. The maximum absolute atomic E-state index is 13.8. The van der Waals surface area contributed by atoms with E-state index in [0.29, 0.717) is 10.2 Å². The number of halogens is 2. The summed E-state index contributed by atoms with van der Waals surface area (Å²) in [6.07, 6.45) is 2.89. The highest BCUT2D eigenvalue weighted by Crippen LogP contribution is 2.24. The zero-order valence-corrected chi connectivity index (χ0v) is 12.6. The van der Waals surface area contributed by atoms with Crippen molar-refractivity contribution in [1.82, 2.24) is 4.98 Å². The monoisotopic (exact) mass is 337 g/mol. The molecule has 1 aromatic heterocycles. The molecule has 5 heteroatoms. The van der Waals surface area contributed by atoms with Crippen molar-refractivity contribution in [2.24, 2.45) is 0 Å². The Kier molecular flexibility index (Phi) is 4.49. The minimum atomic E-state index is -0.570. The average Bonchev–Trinajstić information content (AvgIpc) is 2.38. The first-order chi connectivity index (χ1) is 9.49. The van der Waals surface area contributed by atoms with Crippen molar-refractivity contribution in [1.29, 1.82) is 0 Å². The van der Waals surface area contributed by atoms with Gasteiger partial charge >= 0.3 is 0 Å². The predicted molar refractivity (Wildman–Crippen MR) is 77.5 cm³/mol. The van der Waals surface area contributed by atoms with Crippen LogP contribution in [0.15, 0.2) is 41.1 Å². The van der Waals surface area contributed by atoms with Gasteiger partial charge in [0.05, 0.1) is 17.9 Å². The molecule has 0 aliphatic heterocycles. The number of aromatic nitrogens is 1. The number of nitrogens with zero attached hydrogens (tertiary/aromatic N) is 1. The molecule has 20 heavy (non-hydrogen) atoms. The quantitative estimate of drug-likeness (QED) is 0.791. The van der Waals surface area contributed by atoms with Crippen molar-refractivity contribution in [2.45, 2.75) is 20.0 Å². The van der Waals surface area contributed by atoms with Crippen molar-refractivity contribution in [3.8, 4) is 5.75 Å². The summed E-state index contributed by atoms with van der Waals surface area (Å²) >= 11 is 3.19. The molecule has 0 aliphatic rings. The fourth-order valence-electron chi connectivity index (χ4n) is 1.74. The number of carbonyl (C=O) groups excluding carboxylic acids is 1. The standard InChI is InChI=1S/C15H13BrFNO2/c1-9(2)20-11-6-10(7-18-8-11)15(19)14-12(16)4-3-5-13(14)17/h3-9H,1-2H3. The Hall–Kier alpha value is -1.75. The van der Waals surface area contributed by atoms with Crippen LogP contribution in [-0.2, 0) is 0 Å². The smallest absolute Gasteiger partial charge is 0.198 e. The van der Waals surface area contributed by atoms with Gasteiger partial charge in [0, 0.05) is 16.2 Å². The minimum absolute atomic E-state index is 0.00371. The maximum atomic E-state index is 13.8. The van der Waals surface area contributed by atoms with Crippen LogP contribution in [0.3, 0.4) is 0 Å². The van der Waals surface area contributed by atoms with Crippen LogP contribution in [0.1, 0.15) is 29.8 Å². The molecule has 0 fully saturated rings. The molecule has 0 saturated carbocycles. The number of benzene rings is 1. The van der Waals surface area contributed by atoms with Gasteiger partial charge in [-0.3, -0.25) is 9.78 Å². The van der Waals surface area contributed by atoms with Crippen LogP contribution in [0.5, 0.6) is 5.75 Å². The van der Waals surface area contributed by atoms with Gasteiger partial charge in [0.15, 0.2) is 5.78 Å². The van der Waals surface area contributed by atoms with Crippen molar-refractivity contribution in [2.75, 3.05) is 0 Å². The molecule has 0 radical (unpaired) electrons. The van der Waals surface area contributed by atoms with E-state index in [1.165, 1.54) is 24.5 Å². The fraction of sp³-hybridized carbons (Fsp3) is 0.200. The number of ketones is 1. The SMILES string of the molecule is CC(C)Oc1cncc(C(=O)c2c(F)cccc2Br)c1. The van der Waals surface area contributed by atoms with Crippen molar-refractivity contribution < 1.29 is 13.9 Å². The number of hydrogen-bond donors (Lipinski definition) is 0. The van der Waals surface area contributed by atoms with Crippen LogP contribution in [0.4, 0.5) is 4.39 Å². The van der Waals surface area contributed by atoms with E-state index in [1.54, 1.807) is 12.1 Å². The Morgan fingerprint density at radius 3 is 2.75 bits per heavy atom. The maximum Gasteiger partial charge on any atom is 0.198 e. The van der Waals surface area contributed by atoms with Crippen molar-refractivity contribution >= 4 is 21.7 Å². The van der Waals surface area contributed by atoms with Crippen molar-refractivity contribution in [3.63, 3.8) is 0 Å². The topological polar surface area (TPSA) is 39.2 Å². The largest absolute Gasteiger partial charge is 0.489 e. The van der Waals surface area contributed by atoms with Gasteiger partial charge in [-0.15, -0.1) is 0 Å². The number of pyridine rings is 1. The van der Waals surface area contributed by atoms with Crippen LogP contribution < -0.4 is 4.74 Å². The van der Waals surface area contributed by atoms with Crippen LogP contribution in [0, 0.1) is 5.82 Å². The van der Waals surface area contributed by atoms with E-state index in [9.17, 15) is 9.18 Å². The molecular weight excluding hydrogens is 325 g/mol. The molecule has 0 bridgehead atoms. The number of ether oxygens (including phenoxy) is 1. The van der Waals surface area contributed by atoms with Gasteiger partial charge < -0.3 is 4.74 Å². The highest BCUT2D eigenvalue weighted by atomic mass is 79.9. The van der Waals surface area contributed by atoms with Crippen LogP contribution in [0.25, 0.3) is 0 Å². The van der Waals surface area contributed by atoms with Crippen molar-refractivity contribution in [3.05, 3.63) is 58.1 Å². The van der Waals surface area contributed by atoms with E-state index in [2.05, 4.69) is 20.9 Å². The number of hydrogen-bond acceptors (Lipinski definition) is 3. The molecule has 1 heterocycles. The van der Waals surface area contributed by atoms with Gasteiger partial charge in [-0.25, -0.2) is 4.39 Å². The summed E-state index contributed by atoms with van der Waals surface area (Å²) in [4.78, 5) is 16.3. The minimum Gasteiger partial charge on any atom is -0.489 e. The first-order valence-electron chi connectivity index (χ1n) is 6.09. The highest BCUT2D eigenvalue weighted by molar-refractivity contribution is 9.10. The molecule has 0 amide bonds. The third-order valence-electron chi connectivity index (χ3n) is 2.54. The second-order valence-electron chi connectivity index (χ2n) is 4.50. The fourth-order valence-corrected chi connectivity index (χ4v) is 2.26. The molecule has 2 rings (SSSR count). The molecule has 0 spiro atoms. The zero-order chi connectivity index (χ0) is 14.7.